The molecule has 0 aliphatic carbocycles. The van der Waals surface area contributed by atoms with Crippen molar-refractivity contribution in [1.29, 1.82) is 0 Å². The number of hydrogen-bond donors (Lipinski definition) is 1. The van der Waals surface area contributed by atoms with E-state index in [9.17, 15) is 23.1 Å². The summed E-state index contributed by atoms with van der Waals surface area (Å²) in [5, 5.41) is 14.4. The Morgan fingerprint density at radius 2 is 1.90 bits per heavy atom. The Morgan fingerprint density at radius 3 is 2.58 bits per heavy atom. The standard InChI is InChI=1S/C21H19F3N2O5/c1-29-15-6-4-14(5-7-15)16-11-20(28,21(22,23)24)26(25-16)19(27)9-3-13-2-8-17-18(10-13)31-12-30-17/h2,4-8,10,28H,3,9,11-12H2,1H3. The van der Waals surface area contributed by atoms with E-state index in [0.717, 1.165) is 0 Å². The van der Waals surface area contributed by atoms with Crippen LogP contribution in [0.5, 0.6) is 17.2 Å². The number of ether oxygens (including phenoxy) is 3. The van der Waals surface area contributed by atoms with Gasteiger partial charge in [0.1, 0.15) is 5.75 Å². The predicted molar refractivity (Wildman–Crippen MR) is 103 cm³/mol. The van der Waals surface area contributed by atoms with Crippen molar-refractivity contribution in [3.63, 3.8) is 0 Å². The lowest BCUT2D eigenvalue weighted by Gasteiger charge is -2.32. The molecule has 0 spiro atoms. The van der Waals surface area contributed by atoms with Gasteiger partial charge in [0.15, 0.2) is 11.5 Å². The fraction of sp³-hybridized carbons (Fsp3) is 0.333. The predicted octanol–water partition coefficient (Wildman–Crippen LogP) is 3.24. The number of methoxy groups -OCH3 is 1. The average Bonchev–Trinajstić information content (AvgIpc) is 3.36. The first-order valence-electron chi connectivity index (χ1n) is 9.44. The third-order valence-electron chi connectivity index (χ3n) is 5.16. The van der Waals surface area contributed by atoms with Gasteiger partial charge in [-0.1, -0.05) is 6.07 Å². The second-order valence-corrected chi connectivity index (χ2v) is 7.16. The summed E-state index contributed by atoms with van der Waals surface area (Å²) in [5.74, 6) is 0.652. The Balaban J connectivity index is 1.54. The van der Waals surface area contributed by atoms with Crippen LogP contribution in [0.1, 0.15) is 24.0 Å². The summed E-state index contributed by atoms with van der Waals surface area (Å²) in [4.78, 5) is 12.7. The third-order valence-corrected chi connectivity index (χ3v) is 5.16. The number of aliphatic hydroxyl groups is 1. The molecule has 10 heteroatoms. The zero-order valence-corrected chi connectivity index (χ0v) is 16.5. The van der Waals surface area contributed by atoms with Crippen LogP contribution in [-0.2, 0) is 11.2 Å². The van der Waals surface area contributed by atoms with E-state index in [1.54, 1.807) is 30.3 Å². The first kappa shape index (κ1) is 21.0. The van der Waals surface area contributed by atoms with Gasteiger partial charge in [-0.15, -0.1) is 0 Å². The van der Waals surface area contributed by atoms with Crippen LogP contribution in [0.4, 0.5) is 13.2 Å². The first-order chi connectivity index (χ1) is 14.7. The van der Waals surface area contributed by atoms with Crippen LogP contribution in [0.2, 0.25) is 0 Å². The maximum Gasteiger partial charge on any atom is 0.438 e. The molecule has 2 heterocycles. The summed E-state index contributed by atoms with van der Waals surface area (Å²) >= 11 is 0. The second kappa shape index (κ2) is 7.77. The first-order valence-corrected chi connectivity index (χ1v) is 9.44. The highest BCUT2D eigenvalue weighted by Crippen LogP contribution is 2.42. The van der Waals surface area contributed by atoms with Gasteiger partial charge in [0.25, 0.3) is 5.72 Å². The normalized spacial score (nSPS) is 20.0. The van der Waals surface area contributed by atoms with Crippen LogP contribution in [0.25, 0.3) is 0 Å². The van der Waals surface area contributed by atoms with Gasteiger partial charge in [-0.2, -0.15) is 23.3 Å². The van der Waals surface area contributed by atoms with E-state index < -0.39 is 24.2 Å². The largest absolute Gasteiger partial charge is 0.497 e. The third kappa shape index (κ3) is 3.90. The minimum Gasteiger partial charge on any atom is -0.497 e. The molecule has 0 fully saturated rings. The van der Waals surface area contributed by atoms with Crippen molar-refractivity contribution in [2.75, 3.05) is 13.9 Å². The van der Waals surface area contributed by atoms with Crippen molar-refractivity contribution < 1.29 is 37.3 Å². The number of hydrogen-bond acceptors (Lipinski definition) is 6. The summed E-state index contributed by atoms with van der Waals surface area (Å²) in [6.45, 7) is 0.0902. The molecule has 2 aromatic rings. The molecule has 1 atom stereocenters. The molecule has 164 valence electrons. The minimum absolute atomic E-state index is 0.0427. The number of aryl methyl sites for hydroxylation is 1. The van der Waals surface area contributed by atoms with Gasteiger partial charge < -0.3 is 19.3 Å². The van der Waals surface area contributed by atoms with Gasteiger partial charge in [-0.05, 0) is 53.9 Å². The summed E-state index contributed by atoms with van der Waals surface area (Å²) in [5.41, 5.74) is -2.41. The zero-order chi connectivity index (χ0) is 22.2. The molecule has 31 heavy (non-hydrogen) atoms. The van der Waals surface area contributed by atoms with Crippen LogP contribution in [0.3, 0.4) is 0 Å². The highest BCUT2D eigenvalue weighted by molar-refractivity contribution is 6.03. The van der Waals surface area contributed by atoms with Gasteiger partial charge in [-0.25, -0.2) is 0 Å². The Morgan fingerprint density at radius 1 is 1.19 bits per heavy atom. The van der Waals surface area contributed by atoms with Crippen LogP contribution >= 0.6 is 0 Å². The Bertz CT molecular complexity index is 1020. The van der Waals surface area contributed by atoms with Crippen molar-refractivity contribution in [3.8, 4) is 17.2 Å². The Kier molecular flexibility index (Phi) is 5.26. The van der Waals surface area contributed by atoms with Crippen LogP contribution in [-0.4, -0.2) is 47.5 Å². The fourth-order valence-corrected chi connectivity index (χ4v) is 3.43. The molecular weight excluding hydrogens is 417 g/mol. The number of amides is 1. The van der Waals surface area contributed by atoms with Gasteiger partial charge in [0.2, 0.25) is 12.7 Å². The summed E-state index contributed by atoms with van der Waals surface area (Å²) in [7, 11) is 1.46. The summed E-state index contributed by atoms with van der Waals surface area (Å²) < 4.78 is 56.6. The quantitative estimate of drug-likeness (QED) is 0.779. The number of rotatable bonds is 5. The maximum absolute atomic E-state index is 13.7. The van der Waals surface area contributed by atoms with Crippen LogP contribution in [0, 0.1) is 0 Å². The average molecular weight is 436 g/mol. The van der Waals surface area contributed by atoms with Crippen molar-refractivity contribution in [3.05, 3.63) is 53.6 Å². The molecule has 0 saturated carbocycles. The number of benzene rings is 2. The summed E-state index contributed by atoms with van der Waals surface area (Å²) in [6, 6.07) is 11.2. The summed E-state index contributed by atoms with van der Waals surface area (Å²) in [6.07, 6.45) is -6.08. The van der Waals surface area contributed by atoms with E-state index in [1.807, 2.05) is 0 Å². The van der Waals surface area contributed by atoms with Crippen LogP contribution in [0.15, 0.2) is 47.6 Å². The molecule has 2 aliphatic heterocycles. The lowest BCUT2D eigenvalue weighted by atomic mass is 10.0. The number of carbonyl (C=O) groups excluding carboxylic acids is 1. The molecule has 7 nitrogen and oxygen atoms in total. The molecule has 4 rings (SSSR count). The van der Waals surface area contributed by atoms with E-state index in [1.165, 1.54) is 19.2 Å². The molecular formula is C21H19F3N2O5. The molecule has 2 aromatic carbocycles. The molecule has 1 N–H and O–H groups in total. The van der Waals surface area contributed by atoms with Crippen molar-refractivity contribution >= 4 is 11.6 Å². The number of carbonyl (C=O) groups is 1. The fourth-order valence-electron chi connectivity index (χ4n) is 3.43. The van der Waals surface area contributed by atoms with E-state index in [2.05, 4.69) is 5.10 Å². The van der Waals surface area contributed by atoms with E-state index >= 15 is 0 Å². The second-order valence-electron chi connectivity index (χ2n) is 7.16. The minimum atomic E-state index is -5.08. The SMILES string of the molecule is COc1ccc(C2=NN(C(=O)CCc3ccc4c(c3)OCO4)C(O)(C(F)(F)F)C2)cc1. The Labute approximate surface area is 175 Å². The van der Waals surface area contributed by atoms with Gasteiger partial charge in [0, 0.05) is 6.42 Å². The van der Waals surface area contributed by atoms with Crippen LogP contribution < -0.4 is 14.2 Å². The molecule has 0 aromatic heterocycles. The highest BCUT2D eigenvalue weighted by Gasteiger charge is 2.63. The molecule has 1 unspecified atom stereocenters. The number of alkyl halides is 3. The van der Waals surface area contributed by atoms with Gasteiger partial charge in [0.05, 0.1) is 19.2 Å². The maximum atomic E-state index is 13.7. The van der Waals surface area contributed by atoms with E-state index in [-0.39, 0.29) is 30.4 Å². The number of fused-ring (bicyclic) bond motifs is 1. The monoisotopic (exact) mass is 436 g/mol. The highest BCUT2D eigenvalue weighted by atomic mass is 19.4. The Hall–Kier alpha value is -3.27. The molecule has 1 amide bonds. The smallest absolute Gasteiger partial charge is 0.438 e. The zero-order valence-electron chi connectivity index (χ0n) is 16.5. The molecule has 2 aliphatic rings. The number of hydrazone groups is 1. The topological polar surface area (TPSA) is 80.6 Å². The molecule has 0 bridgehead atoms. The van der Waals surface area contributed by atoms with E-state index in [0.29, 0.717) is 28.4 Å². The van der Waals surface area contributed by atoms with Gasteiger partial charge >= 0.3 is 6.18 Å². The van der Waals surface area contributed by atoms with Gasteiger partial charge in [-0.3, -0.25) is 4.79 Å². The molecule has 0 saturated heterocycles. The lowest BCUT2D eigenvalue weighted by molar-refractivity contribution is -0.302. The van der Waals surface area contributed by atoms with Crippen molar-refractivity contribution in [2.45, 2.75) is 31.2 Å². The van der Waals surface area contributed by atoms with E-state index in [4.69, 9.17) is 14.2 Å². The van der Waals surface area contributed by atoms with Crippen molar-refractivity contribution in [2.24, 2.45) is 5.10 Å². The molecule has 0 radical (unpaired) electrons. The lowest BCUT2D eigenvalue weighted by Crippen LogP contribution is -2.56. The van der Waals surface area contributed by atoms with Crippen molar-refractivity contribution in [1.82, 2.24) is 5.01 Å². The number of nitrogens with zero attached hydrogens (tertiary/aromatic N) is 2. The number of halogens is 3.